The van der Waals surface area contributed by atoms with Crippen LogP contribution in [-0.4, -0.2) is 51.6 Å². The van der Waals surface area contributed by atoms with Crippen LogP contribution in [0.2, 0.25) is 0 Å². The molecule has 1 aromatic heterocycles. The number of fused-ring (bicyclic) bond motifs is 1. The second-order valence-electron chi connectivity index (χ2n) is 7.49. The molecule has 8 heteroatoms. The molecule has 156 valence electrons. The number of rotatable bonds is 9. The molecule has 2 rings (SSSR count). The fourth-order valence-electron chi connectivity index (χ4n) is 3.34. The van der Waals surface area contributed by atoms with Crippen LogP contribution in [0.5, 0.6) is 0 Å². The molecule has 2 heterocycles. The Kier molecular flexibility index (Phi) is 11.2. The number of nitrogens with one attached hydrogen (secondary N) is 2. The van der Waals surface area contributed by atoms with Crippen LogP contribution in [0.3, 0.4) is 0 Å². The lowest BCUT2D eigenvalue weighted by molar-refractivity contribution is 0.253. The average Bonchev–Trinajstić information content (AvgIpc) is 3.04. The third kappa shape index (κ3) is 7.56. The van der Waals surface area contributed by atoms with Gasteiger partial charge in [0.1, 0.15) is 5.82 Å². The Bertz CT molecular complexity index is 569. The van der Waals surface area contributed by atoms with Gasteiger partial charge in [0.05, 0.1) is 6.54 Å². The monoisotopic (exact) mass is 492 g/mol. The van der Waals surface area contributed by atoms with Crippen molar-refractivity contribution in [3.63, 3.8) is 0 Å². The summed E-state index contributed by atoms with van der Waals surface area (Å²) in [7, 11) is 0. The van der Waals surface area contributed by atoms with E-state index < -0.39 is 0 Å². The summed E-state index contributed by atoms with van der Waals surface area (Å²) < 4.78 is 2.05. The van der Waals surface area contributed by atoms with Gasteiger partial charge in [-0.05, 0) is 32.1 Å². The summed E-state index contributed by atoms with van der Waals surface area (Å²) in [6, 6.07) is 0.310. The summed E-state index contributed by atoms with van der Waals surface area (Å²) in [6.45, 7) is 11.2. The topological polar surface area (TPSA) is 87.4 Å². The zero-order chi connectivity index (χ0) is 18.9. The van der Waals surface area contributed by atoms with Crippen LogP contribution in [0.1, 0.15) is 70.9 Å². The quantitative estimate of drug-likeness (QED) is 0.280. The minimum absolute atomic E-state index is 0. The molecule has 1 aliphatic heterocycles. The van der Waals surface area contributed by atoms with Crippen molar-refractivity contribution in [2.45, 2.75) is 78.3 Å². The summed E-state index contributed by atoms with van der Waals surface area (Å²) in [5.41, 5.74) is 0. The van der Waals surface area contributed by atoms with Crippen LogP contribution in [-0.2, 0) is 13.0 Å². The number of hydrogen-bond donors (Lipinski definition) is 3. The van der Waals surface area contributed by atoms with Gasteiger partial charge in [0.25, 0.3) is 0 Å². The number of aromatic nitrogens is 3. The van der Waals surface area contributed by atoms with Crippen molar-refractivity contribution in [1.29, 1.82) is 0 Å². The number of nitrogens with zero attached hydrogens (tertiary/aromatic N) is 4. The molecule has 1 aliphatic rings. The molecule has 0 saturated heterocycles. The number of aliphatic imine (C=N–C) groups is 1. The Balaban J connectivity index is 0.00000364. The van der Waals surface area contributed by atoms with Crippen LogP contribution < -0.4 is 10.6 Å². The zero-order valence-electron chi connectivity index (χ0n) is 17.2. The summed E-state index contributed by atoms with van der Waals surface area (Å²) in [5, 5.41) is 20.8. The van der Waals surface area contributed by atoms with Crippen molar-refractivity contribution >= 4 is 29.9 Å². The number of aryl methyl sites for hydroxylation is 1. The molecule has 0 fully saturated rings. The highest BCUT2D eigenvalue weighted by molar-refractivity contribution is 14.0. The SMILES string of the molecule is CCCC(CCO)CN=C(NCC)NC1CCc2nc(C(C)C)nn2C1.I. The molecule has 2 atom stereocenters. The molecule has 0 amide bonds. The smallest absolute Gasteiger partial charge is 0.191 e. The van der Waals surface area contributed by atoms with Crippen LogP contribution in [0.25, 0.3) is 0 Å². The first-order valence-electron chi connectivity index (χ1n) is 10.2. The van der Waals surface area contributed by atoms with Gasteiger partial charge in [-0.25, -0.2) is 9.67 Å². The summed E-state index contributed by atoms with van der Waals surface area (Å²) in [4.78, 5) is 9.43. The molecule has 27 heavy (non-hydrogen) atoms. The van der Waals surface area contributed by atoms with E-state index >= 15 is 0 Å². The number of aliphatic hydroxyl groups is 1. The fraction of sp³-hybridized carbons (Fsp3) is 0.842. The van der Waals surface area contributed by atoms with Gasteiger partial charge < -0.3 is 15.7 Å². The maximum Gasteiger partial charge on any atom is 0.191 e. The van der Waals surface area contributed by atoms with Gasteiger partial charge in [-0.2, -0.15) is 5.10 Å². The van der Waals surface area contributed by atoms with Crippen molar-refractivity contribution in [2.24, 2.45) is 10.9 Å². The zero-order valence-corrected chi connectivity index (χ0v) is 19.6. The lowest BCUT2D eigenvalue weighted by atomic mass is 10.0. The molecule has 7 nitrogen and oxygen atoms in total. The molecule has 1 aromatic rings. The lowest BCUT2D eigenvalue weighted by Crippen LogP contribution is -2.47. The van der Waals surface area contributed by atoms with E-state index in [1.54, 1.807) is 0 Å². The first-order valence-corrected chi connectivity index (χ1v) is 10.2. The summed E-state index contributed by atoms with van der Waals surface area (Å²) in [5.74, 6) is 3.71. The average molecular weight is 492 g/mol. The van der Waals surface area contributed by atoms with Crippen molar-refractivity contribution in [3.8, 4) is 0 Å². The maximum atomic E-state index is 9.23. The van der Waals surface area contributed by atoms with E-state index in [1.807, 2.05) is 4.68 Å². The molecule has 0 bridgehead atoms. The van der Waals surface area contributed by atoms with Crippen LogP contribution in [0.4, 0.5) is 0 Å². The Morgan fingerprint density at radius 1 is 1.33 bits per heavy atom. The van der Waals surface area contributed by atoms with Crippen LogP contribution in [0, 0.1) is 5.92 Å². The van der Waals surface area contributed by atoms with E-state index in [1.165, 1.54) is 0 Å². The van der Waals surface area contributed by atoms with Gasteiger partial charge >= 0.3 is 0 Å². The molecule has 0 saturated carbocycles. The molecular formula is C19H37IN6O. The Morgan fingerprint density at radius 2 is 2.11 bits per heavy atom. The Labute approximate surface area is 180 Å². The standard InChI is InChI=1S/C19H36N6O.HI/c1-5-7-15(10-11-26)12-21-19(20-6-2)22-16-8-9-17-23-18(14(3)4)24-25(17)13-16;/h14-16,26H,5-13H2,1-4H3,(H2,20,21,22);1H. The molecule has 3 N–H and O–H groups in total. The summed E-state index contributed by atoms with van der Waals surface area (Å²) >= 11 is 0. The highest BCUT2D eigenvalue weighted by atomic mass is 127. The van der Waals surface area contributed by atoms with Gasteiger partial charge in [-0.1, -0.05) is 27.2 Å². The second-order valence-corrected chi connectivity index (χ2v) is 7.49. The third-order valence-electron chi connectivity index (χ3n) is 4.82. The summed E-state index contributed by atoms with van der Waals surface area (Å²) in [6.07, 6.45) is 5.03. The first kappa shape index (κ1) is 24.1. The van der Waals surface area contributed by atoms with Crippen molar-refractivity contribution < 1.29 is 5.11 Å². The van der Waals surface area contributed by atoms with Crippen molar-refractivity contribution in [1.82, 2.24) is 25.4 Å². The molecule has 2 unspecified atom stereocenters. The van der Waals surface area contributed by atoms with Gasteiger partial charge in [0.2, 0.25) is 0 Å². The molecule has 0 spiro atoms. The first-order chi connectivity index (χ1) is 12.6. The normalized spacial score (nSPS) is 18.0. The molecule has 0 radical (unpaired) electrons. The largest absolute Gasteiger partial charge is 0.396 e. The number of hydrogen-bond acceptors (Lipinski definition) is 4. The minimum Gasteiger partial charge on any atom is -0.396 e. The van der Waals surface area contributed by atoms with E-state index in [4.69, 9.17) is 4.99 Å². The minimum atomic E-state index is 0. The fourth-order valence-corrected chi connectivity index (χ4v) is 3.34. The molecule has 0 aromatic carbocycles. The van der Waals surface area contributed by atoms with Gasteiger partial charge in [-0.15, -0.1) is 24.0 Å². The third-order valence-corrected chi connectivity index (χ3v) is 4.82. The lowest BCUT2D eigenvalue weighted by Gasteiger charge is -2.25. The van der Waals surface area contributed by atoms with Gasteiger partial charge in [0.15, 0.2) is 11.8 Å². The van der Waals surface area contributed by atoms with Crippen LogP contribution in [0.15, 0.2) is 4.99 Å². The highest BCUT2D eigenvalue weighted by Crippen LogP contribution is 2.17. The van der Waals surface area contributed by atoms with E-state index in [0.717, 1.165) is 69.3 Å². The molecule has 0 aliphatic carbocycles. The predicted molar refractivity (Wildman–Crippen MR) is 121 cm³/mol. The highest BCUT2D eigenvalue weighted by Gasteiger charge is 2.23. The van der Waals surface area contributed by atoms with E-state index in [-0.39, 0.29) is 30.6 Å². The Hall–Kier alpha value is -0.900. The number of guanidine groups is 1. The van der Waals surface area contributed by atoms with E-state index in [2.05, 4.69) is 48.4 Å². The predicted octanol–water partition coefficient (Wildman–Crippen LogP) is 2.69. The van der Waals surface area contributed by atoms with Crippen LogP contribution >= 0.6 is 24.0 Å². The maximum absolute atomic E-state index is 9.23. The Morgan fingerprint density at radius 3 is 2.74 bits per heavy atom. The number of aliphatic hydroxyl groups excluding tert-OH is 1. The number of halogens is 1. The van der Waals surface area contributed by atoms with Gasteiger partial charge in [0, 0.05) is 38.1 Å². The van der Waals surface area contributed by atoms with E-state index in [9.17, 15) is 5.11 Å². The van der Waals surface area contributed by atoms with Crippen molar-refractivity contribution in [3.05, 3.63) is 11.6 Å². The molecular weight excluding hydrogens is 455 g/mol. The second kappa shape index (κ2) is 12.5. The van der Waals surface area contributed by atoms with Gasteiger partial charge in [-0.3, -0.25) is 4.99 Å². The van der Waals surface area contributed by atoms with Crippen molar-refractivity contribution in [2.75, 3.05) is 19.7 Å². The van der Waals surface area contributed by atoms with E-state index in [0.29, 0.717) is 17.9 Å².